The minimum absolute atomic E-state index is 0.0404. The molecule has 4 heterocycles. The number of pyridine rings is 2. The summed E-state index contributed by atoms with van der Waals surface area (Å²) in [5, 5.41) is 21.9. The Bertz CT molecular complexity index is 2060. The van der Waals surface area contributed by atoms with E-state index in [9.17, 15) is 18.8 Å². The highest BCUT2D eigenvalue weighted by Crippen LogP contribution is 2.44. The first kappa shape index (κ1) is 27.8. The van der Waals surface area contributed by atoms with Gasteiger partial charge < -0.3 is 10.3 Å². The first-order chi connectivity index (χ1) is 21.8. The Hall–Kier alpha value is -4.69. The van der Waals surface area contributed by atoms with Crippen molar-refractivity contribution in [2.24, 2.45) is 0 Å². The summed E-state index contributed by atoms with van der Waals surface area (Å²) in [5.74, 6) is 1.08. The Morgan fingerprint density at radius 3 is 2.60 bits per heavy atom. The monoisotopic (exact) mass is 606 g/mol. The number of nitrogens with one attached hydrogen (secondary N) is 2. The van der Waals surface area contributed by atoms with Crippen molar-refractivity contribution in [3.63, 3.8) is 0 Å². The molecule has 0 atom stereocenters. The number of benzene rings is 1. The smallest absolute Gasteiger partial charge is 0.321 e. The number of nitrogens with zero attached hydrogens (tertiary/aromatic N) is 6. The van der Waals surface area contributed by atoms with Gasteiger partial charge in [0.1, 0.15) is 17.7 Å². The van der Waals surface area contributed by atoms with Crippen LogP contribution in [0.5, 0.6) is 0 Å². The molecule has 2 N–H and O–H groups in total. The number of halogens is 2. The molecule has 45 heavy (non-hydrogen) atoms. The lowest BCUT2D eigenvalue weighted by molar-refractivity contribution is 0.0716. The molecule has 0 spiro atoms. The largest absolute Gasteiger partial charge is 0.353 e. The fourth-order valence-corrected chi connectivity index (χ4v) is 6.50. The third-order valence-electron chi connectivity index (χ3n) is 9.62. The van der Waals surface area contributed by atoms with Gasteiger partial charge in [0.15, 0.2) is 5.82 Å². The highest BCUT2D eigenvalue weighted by Gasteiger charge is 2.32. The molecule has 0 saturated heterocycles. The molecular formula is C34H32F2N8O. The van der Waals surface area contributed by atoms with Gasteiger partial charge in [0.25, 0.3) is 5.56 Å². The lowest BCUT2D eigenvalue weighted by Crippen LogP contribution is -2.47. The quantitative estimate of drug-likeness (QED) is 0.193. The van der Waals surface area contributed by atoms with Crippen LogP contribution in [0.1, 0.15) is 92.8 Å². The maximum atomic E-state index is 14.1. The predicted octanol–water partition coefficient (Wildman–Crippen LogP) is 6.69. The van der Waals surface area contributed by atoms with Crippen LogP contribution in [0.2, 0.25) is 0 Å². The van der Waals surface area contributed by atoms with Crippen LogP contribution in [-0.2, 0) is 6.54 Å². The number of alkyl halides is 2. The van der Waals surface area contributed by atoms with E-state index in [1.165, 1.54) is 6.42 Å². The zero-order valence-corrected chi connectivity index (χ0v) is 24.9. The molecule has 8 rings (SSSR count). The third-order valence-corrected chi connectivity index (χ3v) is 9.62. The van der Waals surface area contributed by atoms with Gasteiger partial charge in [0.05, 0.1) is 11.6 Å². The van der Waals surface area contributed by atoms with Crippen LogP contribution < -0.4 is 10.9 Å². The van der Waals surface area contributed by atoms with E-state index in [0.29, 0.717) is 50.6 Å². The summed E-state index contributed by atoms with van der Waals surface area (Å²) in [6.07, 6.45) is 10.6. The van der Waals surface area contributed by atoms with Crippen LogP contribution >= 0.6 is 0 Å². The SMILES string of the molecule is CC1(NCc2cc3c(C4CC4)cn(-c4cc(-c5ccc(C#N)cc5-c5nncn5C(F)F)cc(C5CC5)n4)c(=O)c3[nH]2)CCC1. The van der Waals surface area contributed by atoms with Gasteiger partial charge in [0, 0.05) is 46.5 Å². The Labute approximate surface area is 257 Å². The molecule has 3 saturated carbocycles. The third kappa shape index (κ3) is 5.03. The van der Waals surface area contributed by atoms with Gasteiger partial charge in [-0.1, -0.05) is 6.07 Å². The Kier molecular flexibility index (Phi) is 6.46. The van der Waals surface area contributed by atoms with Gasteiger partial charge in [-0.25, -0.2) is 4.98 Å². The topological polar surface area (TPSA) is 117 Å². The fourth-order valence-electron chi connectivity index (χ4n) is 6.50. The van der Waals surface area contributed by atoms with E-state index in [-0.39, 0.29) is 22.8 Å². The average Bonchev–Trinajstić information content (AvgIpc) is 3.96. The van der Waals surface area contributed by atoms with Gasteiger partial charge in [-0.05, 0) is 105 Å². The zero-order chi connectivity index (χ0) is 30.9. The normalized spacial score (nSPS) is 17.5. The van der Waals surface area contributed by atoms with E-state index in [2.05, 4.69) is 39.6 Å². The summed E-state index contributed by atoms with van der Waals surface area (Å²) >= 11 is 0. The van der Waals surface area contributed by atoms with Crippen molar-refractivity contribution in [1.29, 1.82) is 5.26 Å². The van der Waals surface area contributed by atoms with Crippen molar-refractivity contribution in [2.75, 3.05) is 0 Å². The predicted molar refractivity (Wildman–Crippen MR) is 165 cm³/mol. The maximum absolute atomic E-state index is 14.1. The van der Waals surface area contributed by atoms with Crippen molar-refractivity contribution in [3.05, 3.63) is 81.8 Å². The van der Waals surface area contributed by atoms with Crippen LogP contribution in [0.25, 0.3) is 39.2 Å². The van der Waals surface area contributed by atoms with Gasteiger partial charge in [0.2, 0.25) is 0 Å². The van der Waals surface area contributed by atoms with Crippen LogP contribution in [0, 0.1) is 11.3 Å². The van der Waals surface area contributed by atoms with Crippen molar-refractivity contribution in [3.8, 4) is 34.4 Å². The molecule has 3 aliphatic rings. The summed E-state index contributed by atoms with van der Waals surface area (Å²) in [6, 6.07) is 12.9. The molecular weight excluding hydrogens is 574 g/mol. The van der Waals surface area contributed by atoms with E-state index >= 15 is 0 Å². The molecule has 9 nitrogen and oxygen atoms in total. The molecule has 228 valence electrons. The molecule has 3 aliphatic carbocycles. The fraction of sp³-hybridized carbons (Fsp3) is 0.382. The Morgan fingerprint density at radius 1 is 1.11 bits per heavy atom. The minimum atomic E-state index is -2.85. The van der Waals surface area contributed by atoms with Crippen molar-refractivity contribution in [1.82, 2.24) is 34.6 Å². The average molecular weight is 607 g/mol. The standard InChI is InChI=1S/C34H32F2N8O/c1-34(9-2-10-34)38-16-23-14-25-27(20-4-5-20)17-43(32(45)30(25)40-23)29-13-22(12-28(41-29)21-6-7-21)24-8-3-19(15-37)11-26(24)31-42-39-18-44(31)33(35)36/h3,8,11-14,17-18,20-21,33,38,40H,2,4-7,9-10,16H2,1H3. The number of aromatic nitrogens is 6. The molecule has 0 aliphatic heterocycles. The zero-order valence-electron chi connectivity index (χ0n) is 24.9. The number of nitriles is 1. The highest BCUT2D eigenvalue weighted by atomic mass is 19.3. The summed E-state index contributed by atoms with van der Waals surface area (Å²) in [4.78, 5) is 22.5. The second-order valence-electron chi connectivity index (χ2n) is 13.0. The van der Waals surface area contributed by atoms with Crippen LogP contribution in [0.15, 0.2) is 53.7 Å². The van der Waals surface area contributed by atoms with Gasteiger partial charge in [-0.15, -0.1) is 10.2 Å². The molecule has 0 amide bonds. The number of hydrogen-bond acceptors (Lipinski definition) is 6. The summed E-state index contributed by atoms with van der Waals surface area (Å²) in [6.45, 7) is 0.0558. The van der Waals surface area contributed by atoms with E-state index < -0.39 is 6.55 Å². The molecule has 4 aromatic heterocycles. The van der Waals surface area contributed by atoms with Gasteiger partial charge >= 0.3 is 6.55 Å². The summed E-state index contributed by atoms with van der Waals surface area (Å²) in [7, 11) is 0. The molecule has 0 radical (unpaired) electrons. The lowest BCUT2D eigenvalue weighted by atomic mass is 9.78. The number of fused-ring (bicyclic) bond motifs is 1. The molecule has 0 unspecified atom stereocenters. The second-order valence-corrected chi connectivity index (χ2v) is 13.0. The number of H-pyrrole nitrogens is 1. The number of aromatic amines is 1. The summed E-state index contributed by atoms with van der Waals surface area (Å²) in [5.41, 5.74) is 5.47. The van der Waals surface area contributed by atoms with Crippen molar-refractivity contribution in [2.45, 2.75) is 82.3 Å². The number of rotatable bonds is 9. The van der Waals surface area contributed by atoms with Crippen LogP contribution in [0.3, 0.4) is 0 Å². The summed E-state index contributed by atoms with van der Waals surface area (Å²) < 4.78 is 30.1. The molecule has 3 fully saturated rings. The van der Waals surface area contributed by atoms with Crippen molar-refractivity contribution < 1.29 is 8.78 Å². The second kappa shape index (κ2) is 10.4. The first-order valence-electron chi connectivity index (χ1n) is 15.6. The molecule has 0 bridgehead atoms. The minimum Gasteiger partial charge on any atom is -0.353 e. The van der Waals surface area contributed by atoms with E-state index in [0.717, 1.165) is 67.2 Å². The first-order valence-corrected chi connectivity index (χ1v) is 15.6. The maximum Gasteiger partial charge on any atom is 0.321 e. The van der Waals surface area contributed by atoms with E-state index in [1.54, 1.807) is 22.8 Å². The molecule has 11 heteroatoms. The van der Waals surface area contributed by atoms with Crippen LogP contribution in [0.4, 0.5) is 8.78 Å². The van der Waals surface area contributed by atoms with Crippen molar-refractivity contribution >= 4 is 10.9 Å². The van der Waals surface area contributed by atoms with E-state index in [1.807, 2.05) is 18.3 Å². The van der Waals surface area contributed by atoms with Gasteiger partial charge in [-0.3, -0.25) is 13.9 Å². The molecule has 1 aromatic carbocycles. The van der Waals surface area contributed by atoms with E-state index in [4.69, 9.17) is 4.98 Å². The van der Waals surface area contributed by atoms with Crippen LogP contribution in [-0.4, -0.2) is 34.8 Å². The lowest BCUT2D eigenvalue weighted by Gasteiger charge is -2.39. The number of hydrogen-bond donors (Lipinski definition) is 2. The Morgan fingerprint density at radius 2 is 1.91 bits per heavy atom. The van der Waals surface area contributed by atoms with Gasteiger partial charge in [-0.2, -0.15) is 14.0 Å². The highest BCUT2D eigenvalue weighted by molar-refractivity contribution is 5.85. The molecule has 5 aromatic rings. The Balaban J connectivity index is 1.28.